The van der Waals surface area contributed by atoms with E-state index in [1.165, 1.54) is 19.3 Å². The van der Waals surface area contributed by atoms with Crippen LogP contribution in [0.5, 0.6) is 0 Å². The van der Waals surface area contributed by atoms with E-state index in [1.54, 1.807) is 13.2 Å². The molecular formula is C15H28O2. The molecule has 0 saturated heterocycles. The number of carbonyl (C=O) groups excluding carboxylic acids is 1. The Hall–Kier alpha value is -0.630. The first-order valence-corrected chi connectivity index (χ1v) is 6.98. The van der Waals surface area contributed by atoms with Gasteiger partial charge in [0.25, 0.3) is 0 Å². The summed E-state index contributed by atoms with van der Waals surface area (Å²) in [6.07, 6.45) is 12.4. The van der Waals surface area contributed by atoms with Crippen LogP contribution in [-0.2, 0) is 9.53 Å². The fourth-order valence-corrected chi connectivity index (χ4v) is 1.74. The Bertz CT molecular complexity index is 209. The van der Waals surface area contributed by atoms with E-state index < -0.39 is 0 Å². The van der Waals surface area contributed by atoms with Crippen molar-refractivity contribution in [3.63, 3.8) is 0 Å². The summed E-state index contributed by atoms with van der Waals surface area (Å²) < 4.78 is 5.33. The molecule has 0 spiro atoms. The lowest BCUT2D eigenvalue weighted by Gasteiger charge is -2.09. The number of carbonyl (C=O) groups is 1. The van der Waals surface area contributed by atoms with Crippen molar-refractivity contribution in [1.29, 1.82) is 0 Å². The van der Waals surface area contributed by atoms with Crippen LogP contribution in [0, 0.1) is 0 Å². The predicted octanol–water partition coefficient (Wildman–Crippen LogP) is 4.29. The maximum atomic E-state index is 11.5. The SMILES string of the molecule is CCCCCC(=O)/C=C/C(CCCCC)OC. The van der Waals surface area contributed by atoms with E-state index in [9.17, 15) is 4.79 Å². The Morgan fingerprint density at radius 2 is 1.76 bits per heavy atom. The molecule has 0 aliphatic carbocycles. The topological polar surface area (TPSA) is 26.3 Å². The summed E-state index contributed by atoms with van der Waals surface area (Å²) in [7, 11) is 1.71. The predicted molar refractivity (Wildman–Crippen MR) is 73.2 cm³/mol. The smallest absolute Gasteiger partial charge is 0.155 e. The van der Waals surface area contributed by atoms with Crippen LogP contribution in [0.4, 0.5) is 0 Å². The van der Waals surface area contributed by atoms with Crippen LogP contribution < -0.4 is 0 Å². The molecule has 0 amide bonds. The molecule has 1 atom stereocenters. The van der Waals surface area contributed by atoms with Crippen molar-refractivity contribution in [2.24, 2.45) is 0 Å². The Labute approximate surface area is 106 Å². The van der Waals surface area contributed by atoms with E-state index in [0.29, 0.717) is 6.42 Å². The average Bonchev–Trinajstić information content (AvgIpc) is 2.34. The van der Waals surface area contributed by atoms with E-state index in [1.807, 2.05) is 6.08 Å². The number of unbranched alkanes of at least 4 members (excludes halogenated alkanes) is 4. The Kier molecular flexibility index (Phi) is 11.4. The summed E-state index contributed by atoms with van der Waals surface area (Å²) >= 11 is 0. The number of ether oxygens (including phenoxy) is 1. The highest BCUT2D eigenvalue weighted by Crippen LogP contribution is 2.08. The lowest BCUT2D eigenvalue weighted by atomic mass is 10.1. The highest BCUT2D eigenvalue weighted by molar-refractivity contribution is 5.89. The molecule has 0 fully saturated rings. The van der Waals surface area contributed by atoms with Crippen LogP contribution in [0.25, 0.3) is 0 Å². The van der Waals surface area contributed by atoms with Crippen LogP contribution in [0.2, 0.25) is 0 Å². The molecule has 0 aromatic carbocycles. The van der Waals surface area contributed by atoms with E-state index in [2.05, 4.69) is 13.8 Å². The van der Waals surface area contributed by atoms with Crippen molar-refractivity contribution in [2.45, 2.75) is 71.3 Å². The number of ketones is 1. The number of allylic oxidation sites excluding steroid dienone is 1. The van der Waals surface area contributed by atoms with Crippen LogP contribution in [0.1, 0.15) is 65.2 Å². The van der Waals surface area contributed by atoms with Crippen molar-refractivity contribution < 1.29 is 9.53 Å². The van der Waals surface area contributed by atoms with Gasteiger partial charge in [-0.2, -0.15) is 0 Å². The van der Waals surface area contributed by atoms with Gasteiger partial charge in [0.2, 0.25) is 0 Å². The molecule has 0 aromatic rings. The van der Waals surface area contributed by atoms with Gasteiger partial charge < -0.3 is 4.74 Å². The monoisotopic (exact) mass is 240 g/mol. The van der Waals surface area contributed by atoms with Crippen molar-refractivity contribution in [2.75, 3.05) is 7.11 Å². The first-order chi connectivity index (χ1) is 8.24. The summed E-state index contributed by atoms with van der Waals surface area (Å²) in [5, 5.41) is 0. The van der Waals surface area contributed by atoms with Crippen LogP contribution in [-0.4, -0.2) is 19.0 Å². The van der Waals surface area contributed by atoms with Crippen molar-refractivity contribution >= 4 is 5.78 Å². The van der Waals surface area contributed by atoms with E-state index in [0.717, 1.165) is 25.7 Å². The molecule has 0 N–H and O–H groups in total. The number of methoxy groups -OCH3 is 1. The molecule has 2 nitrogen and oxygen atoms in total. The summed E-state index contributed by atoms with van der Waals surface area (Å²) in [6, 6.07) is 0. The second-order valence-electron chi connectivity index (χ2n) is 4.55. The van der Waals surface area contributed by atoms with E-state index >= 15 is 0 Å². The highest BCUT2D eigenvalue weighted by Gasteiger charge is 2.03. The maximum Gasteiger partial charge on any atom is 0.155 e. The third-order valence-electron chi connectivity index (χ3n) is 2.92. The Morgan fingerprint density at radius 3 is 2.35 bits per heavy atom. The molecule has 1 unspecified atom stereocenters. The largest absolute Gasteiger partial charge is 0.377 e. The fourth-order valence-electron chi connectivity index (χ4n) is 1.74. The molecule has 0 heterocycles. The first-order valence-electron chi connectivity index (χ1n) is 6.98. The minimum atomic E-state index is 0.108. The van der Waals surface area contributed by atoms with Gasteiger partial charge in [-0.3, -0.25) is 4.79 Å². The summed E-state index contributed by atoms with van der Waals surface area (Å²) in [5.41, 5.74) is 0. The van der Waals surface area contributed by atoms with Gasteiger partial charge in [0.1, 0.15) is 0 Å². The zero-order chi connectivity index (χ0) is 12.9. The lowest BCUT2D eigenvalue weighted by molar-refractivity contribution is -0.114. The zero-order valence-corrected chi connectivity index (χ0v) is 11.7. The zero-order valence-electron chi connectivity index (χ0n) is 11.7. The van der Waals surface area contributed by atoms with Gasteiger partial charge in [-0.1, -0.05) is 52.0 Å². The van der Waals surface area contributed by atoms with Crippen LogP contribution in [0.3, 0.4) is 0 Å². The van der Waals surface area contributed by atoms with Crippen LogP contribution >= 0.6 is 0 Å². The van der Waals surface area contributed by atoms with Crippen molar-refractivity contribution in [1.82, 2.24) is 0 Å². The highest BCUT2D eigenvalue weighted by atomic mass is 16.5. The number of hydrogen-bond donors (Lipinski definition) is 0. The van der Waals surface area contributed by atoms with E-state index in [-0.39, 0.29) is 11.9 Å². The van der Waals surface area contributed by atoms with Gasteiger partial charge in [-0.05, 0) is 18.9 Å². The lowest BCUT2D eigenvalue weighted by Crippen LogP contribution is -2.07. The first kappa shape index (κ1) is 16.4. The molecule has 17 heavy (non-hydrogen) atoms. The van der Waals surface area contributed by atoms with Gasteiger partial charge in [0.15, 0.2) is 5.78 Å². The third-order valence-corrected chi connectivity index (χ3v) is 2.92. The Balaban J connectivity index is 3.79. The second-order valence-corrected chi connectivity index (χ2v) is 4.55. The Morgan fingerprint density at radius 1 is 1.12 bits per heavy atom. The molecule has 0 bridgehead atoms. The molecule has 0 aliphatic rings. The molecule has 0 saturated carbocycles. The minimum absolute atomic E-state index is 0.108. The third kappa shape index (κ3) is 10.3. The van der Waals surface area contributed by atoms with Gasteiger partial charge in [-0.15, -0.1) is 0 Å². The quantitative estimate of drug-likeness (QED) is 0.398. The van der Waals surface area contributed by atoms with Crippen molar-refractivity contribution in [3.8, 4) is 0 Å². The average molecular weight is 240 g/mol. The summed E-state index contributed by atoms with van der Waals surface area (Å²) in [6.45, 7) is 4.34. The van der Waals surface area contributed by atoms with Gasteiger partial charge >= 0.3 is 0 Å². The summed E-state index contributed by atoms with van der Waals surface area (Å²) in [5.74, 6) is 0.232. The van der Waals surface area contributed by atoms with Gasteiger partial charge in [0, 0.05) is 13.5 Å². The second kappa shape index (κ2) is 11.8. The molecule has 2 heteroatoms. The standard InChI is InChI=1S/C15H28O2/c1-4-6-8-10-14(16)12-13-15(17-3)11-9-7-5-2/h12-13,15H,4-11H2,1-3H3/b13-12+. The molecule has 0 radical (unpaired) electrons. The fraction of sp³-hybridized carbons (Fsp3) is 0.800. The molecule has 0 aliphatic heterocycles. The van der Waals surface area contributed by atoms with Crippen LogP contribution in [0.15, 0.2) is 12.2 Å². The molecule has 0 rings (SSSR count). The minimum Gasteiger partial charge on any atom is -0.377 e. The number of hydrogen-bond acceptors (Lipinski definition) is 2. The van der Waals surface area contributed by atoms with Gasteiger partial charge in [-0.25, -0.2) is 0 Å². The normalized spacial score (nSPS) is 13.1. The molecule has 100 valence electrons. The van der Waals surface area contributed by atoms with E-state index in [4.69, 9.17) is 4.74 Å². The molecular weight excluding hydrogens is 212 g/mol. The van der Waals surface area contributed by atoms with Crippen molar-refractivity contribution in [3.05, 3.63) is 12.2 Å². The van der Waals surface area contributed by atoms with Gasteiger partial charge in [0.05, 0.1) is 6.10 Å². The summed E-state index contributed by atoms with van der Waals surface area (Å²) in [4.78, 5) is 11.5. The molecule has 0 aromatic heterocycles. The maximum absolute atomic E-state index is 11.5. The number of rotatable bonds is 11.